The molecule has 0 radical (unpaired) electrons. The van der Waals surface area contributed by atoms with Gasteiger partial charge in [-0.25, -0.2) is 0 Å². The summed E-state index contributed by atoms with van der Waals surface area (Å²) >= 11 is 0. The lowest BCUT2D eigenvalue weighted by molar-refractivity contribution is 0.992. The van der Waals surface area contributed by atoms with Crippen LogP contribution in [0.25, 0.3) is 0 Å². The van der Waals surface area contributed by atoms with Crippen molar-refractivity contribution in [3.8, 4) is 0 Å². The number of hydrogen-bond donors (Lipinski definition) is 0. The summed E-state index contributed by atoms with van der Waals surface area (Å²) in [5, 5.41) is 0. The van der Waals surface area contributed by atoms with Gasteiger partial charge < -0.3 is 0 Å². The van der Waals surface area contributed by atoms with Crippen molar-refractivity contribution in [2.24, 2.45) is 0 Å². The summed E-state index contributed by atoms with van der Waals surface area (Å²) in [6.07, 6.45) is 5.30. The van der Waals surface area contributed by atoms with Crippen LogP contribution in [0.2, 0.25) is 0 Å². The highest BCUT2D eigenvalue weighted by atomic mass is 14.0. The third-order valence-electron chi connectivity index (χ3n) is 2.43. The molecule has 0 aliphatic heterocycles. The number of benzene rings is 1. The van der Waals surface area contributed by atoms with Gasteiger partial charge in [0.15, 0.2) is 0 Å². The fraction of sp³-hybridized carbons (Fsp3) is 0.385. The van der Waals surface area contributed by atoms with E-state index in [0.717, 1.165) is 19.3 Å². The van der Waals surface area contributed by atoms with Gasteiger partial charge in [0.1, 0.15) is 0 Å². The van der Waals surface area contributed by atoms with Crippen LogP contribution in [-0.4, -0.2) is 0 Å². The zero-order valence-electron chi connectivity index (χ0n) is 8.64. The molecule has 0 nitrogen and oxygen atoms in total. The smallest absolute Gasteiger partial charge is 0.0244 e. The molecule has 0 saturated carbocycles. The molecule has 13 heavy (non-hydrogen) atoms. The summed E-state index contributed by atoms with van der Waals surface area (Å²) in [6.45, 7) is 8.12. The first kappa shape index (κ1) is 10.0. The van der Waals surface area contributed by atoms with Gasteiger partial charge in [-0.2, -0.15) is 0 Å². The number of hydrogen-bond acceptors (Lipinski definition) is 0. The summed E-state index contributed by atoms with van der Waals surface area (Å²) in [5.41, 5.74) is 4.31. The molecular weight excluding hydrogens is 156 g/mol. The molecule has 0 saturated heterocycles. The average molecular weight is 174 g/mol. The van der Waals surface area contributed by atoms with Crippen LogP contribution in [0.3, 0.4) is 0 Å². The highest BCUT2D eigenvalue weighted by Gasteiger charge is 1.97. The van der Waals surface area contributed by atoms with Crippen molar-refractivity contribution < 1.29 is 0 Å². The van der Waals surface area contributed by atoms with Gasteiger partial charge >= 0.3 is 0 Å². The van der Waals surface area contributed by atoms with Crippen molar-refractivity contribution >= 4 is 0 Å². The molecule has 0 fully saturated rings. The molecule has 1 rings (SSSR count). The van der Waals surface area contributed by atoms with E-state index in [1.54, 1.807) is 0 Å². The van der Waals surface area contributed by atoms with Crippen molar-refractivity contribution in [2.75, 3.05) is 0 Å². The highest BCUT2D eigenvalue weighted by Crippen LogP contribution is 2.13. The van der Waals surface area contributed by atoms with Gasteiger partial charge in [-0.1, -0.05) is 31.2 Å². The molecule has 0 amide bonds. The fourth-order valence-electron chi connectivity index (χ4n) is 1.58. The van der Waals surface area contributed by atoms with Crippen LogP contribution in [0.15, 0.2) is 30.9 Å². The van der Waals surface area contributed by atoms with Gasteiger partial charge in [-0.05, 0) is 42.9 Å². The first-order chi connectivity index (χ1) is 6.27. The van der Waals surface area contributed by atoms with Crippen molar-refractivity contribution in [3.63, 3.8) is 0 Å². The van der Waals surface area contributed by atoms with E-state index in [2.05, 4.69) is 38.6 Å². The fourth-order valence-corrected chi connectivity index (χ4v) is 1.58. The van der Waals surface area contributed by atoms with Gasteiger partial charge in [0.25, 0.3) is 0 Å². The van der Waals surface area contributed by atoms with Crippen molar-refractivity contribution in [1.82, 2.24) is 0 Å². The van der Waals surface area contributed by atoms with E-state index < -0.39 is 0 Å². The Bertz CT molecular complexity index is 284. The zero-order chi connectivity index (χ0) is 9.68. The maximum absolute atomic E-state index is 3.73. The molecule has 0 heteroatoms. The average Bonchev–Trinajstić information content (AvgIpc) is 2.15. The summed E-state index contributed by atoms with van der Waals surface area (Å²) in [7, 11) is 0. The Labute approximate surface area is 81.3 Å². The van der Waals surface area contributed by atoms with Gasteiger partial charge in [-0.3, -0.25) is 0 Å². The first-order valence-electron chi connectivity index (χ1n) is 4.97. The SMILES string of the molecule is C=CCCc1ccc(CC)c(C)c1. The second-order valence-electron chi connectivity index (χ2n) is 3.44. The van der Waals surface area contributed by atoms with Crippen molar-refractivity contribution in [3.05, 3.63) is 47.5 Å². The molecule has 70 valence electrons. The molecule has 1 aromatic rings. The lowest BCUT2D eigenvalue weighted by Crippen LogP contribution is -1.90. The summed E-state index contributed by atoms with van der Waals surface area (Å²) in [4.78, 5) is 0. The van der Waals surface area contributed by atoms with Gasteiger partial charge in [-0.15, -0.1) is 6.58 Å². The highest BCUT2D eigenvalue weighted by molar-refractivity contribution is 5.31. The molecule has 0 heterocycles. The Morgan fingerprint density at radius 3 is 2.69 bits per heavy atom. The molecule has 0 bridgehead atoms. The monoisotopic (exact) mass is 174 g/mol. The lowest BCUT2D eigenvalue weighted by Gasteiger charge is -2.05. The Morgan fingerprint density at radius 1 is 1.38 bits per heavy atom. The molecular formula is C13H18. The zero-order valence-corrected chi connectivity index (χ0v) is 8.64. The van der Waals surface area contributed by atoms with E-state index >= 15 is 0 Å². The first-order valence-corrected chi connectivity index (χ1v) is 4.97. The number of rotatable bonds is 4. The van der Waals surface area contributed by atoms with E-state index in [1.165, 1.54) is 16.7 Å². The Balaban J connectivity index is 2.76. The summed E-state index contributed by atoms with van der Waals surface area (Å²) < 4.78 is 0. The molecule has 0 aliphatic rings. The van der Waals surface area contributed by atoms with Crippen LogP contribution in [0, 0.1) is 6.92 Å². The molecule has 0 N–H and O–H groups in total. The van der Waals surface area contributed by atoms with Crippen LogP contribution in [-0.2, 0) is 12.8 Å². The second kappa shape index (κ2) is 4.86. The summed E-state index contributed by atoms with van der Waals surface area (Å²) in [5.74, 6) is 0. The molecule has 0 atom stereocenters. The normalized spacial score (nSPS) is 10.0. The van der Waals surface area contributed by atoms with Gasteiger partial charge in [0, 0.05) is 0 Å². The van der Waals surface area contributed by atoms with E-state index in [-0.39, 0.29) is 0 Å². The van der Waals surface area contributed by atoms with Gasteiger partial charge in [0.05, 0.1) is 0 Å². The largest absolute Gasteiger partial charge is 0.103 e. The Kier molecular flexibility index (Phi) is 3.75. The predicted molar refractivity (Wildman–Crippen MR) is 59.1 cm³/mol. The summed E-state index contributed by atoms with van der Waals surface area (Å²) in [6, 6.07) is 6.77. The van der Waals surface area contributed by atoms with Crippen molar-refractivity contribution in [2.45, 2.75) is 33.1 Å². The number of allylic oxidation sites excluding steroid dienone is 1. The van der Waals surface area contributed by atoms with Crippen LogP contribution < -0.4 is 0 Å². The predicted octanol–water partition coefficient (Wildman–Crippen LogP) is 3.68. The molecule has 0 spiro atoms. The van der Waals surface area contributed by atoms with Crippen LogP contribution >= 0.6 is 0 Å². The van der Waals surface area contributed by atoms with E-state index in [9.17, 15) is 0 Å². The Hall–Kier alpha value is -1.04. The molecule has 0 aromatic heterocycles. The topological polar surface area (TPSA) is 0 Å². The molecule has 1 aromatic carbocycles. The van der Waals surface area contributed by atoms with Gasteiger partial charge in [0.2, 0.25) is 0 Å². The molecule has 0 unspecified atom stereocenters. The lowest BCUT2D eigenvalue weighted by atomic mass is 10.0. The minimum atomic E-state index is 1.07. The van der Waals surface area contributed by atoms with Crippen molar-refractivity contribution in [1.29, 1.82) is 0 Å². The quantitative estimate of drug-likeness (QED) is 0.611. The third kappa shape index (κ3) is 2.73. The minimum absolute atomic E-state index is 1.07. The van der Waals surface area contributed by atoms with Crippen LogP contribution in [0.4, 0.5) is 0 Å². The Morgan fingerprint density at radius 2 is 2.15 bits per heavy atom. The van der Waals surface area contributed by atoms with E-state index in [0.29, 0.717) is 0 Å². The minimum Gasteiger partial charge on any atom is -0.103 e. The number of aryl methyl sites for hydroxylation is 3. The van der Waals surface area contributed by atoms with E-state index in [4.69, 9.17) is 0 Å². The van der Waals surface area contributed by atoms with Crippen LogP contribution in [0.1, 0.15) is 30.0 Å². The second-order valence-corrected chi connectivity index (χ2v) is 3.44. The maximum atomic E-state index is 3.73. The van der Waals surface area contributed by atoms with Crippen LogP contribution in [0.5, 0.6) is 0 Å². The maximum Gasteiger partial charge on any atom is -0.0244 e. The van der Waals surface area contributed by atoms with E-state index in [1.807, 2.05) is 6.08 Å². The molecule has 0 aliphatic carbocycles. The third-order valence-corrected chi connectivity index (χ3v) is 2.43. The standard InChI is InChI=1S/C13H18/c1-4-6-7-12-8-9-13(5-2)11(3)10-12/h4,8-10H,1,5-7H2,2-3H3.